The van der Waals surface area contributed by atoms with E-state index in [-0.39, 0.29) is 0 Å². The molecule has 23 heavy (non-hydrogen) atoms. The summed E-state index contributed by atoms with van der Waals surface area (Å²) >= 11 is 0. The molecule has 0 bridgehead atoms. The predicted octanol–water partition coefficient (Wildman–Crippen LogP) is 2.68. The molecule has 2 heterocycles. The van der Waals surface area contributed by atoms with Crippen molar-refractivity contribution >= 4 is 21.8 Å². The number of nitrogens with one attached hydrogen (secondary N) is 1. The van der Waals surface area contributed by atoms with Crippen LogP contribution in [0.5, 0.6) is 0 Å². The van der Waals surface area contributed by atoms with Crippen molar-refractivity contribution in [2.75, 3.05) is 4.72 Å². The Morgan fingerprint density at radius 1 is 1.09 bits per heavy atom. The van der Waals surface area contributed by atoms with Gasteiger partial charge in [-0.1, -0.05) is 30.3 Å². The first-order chi connectivity index (χ1) is 11.1. The van der Waals surface area contributed by atoms with Crippen LogP contribution in [0.2, 0.25) is 0 Å². The van der Waals surface area contributed by atoms with Crippen molar-refractivity contribution in [1.82, 2.24) is 14.5 Å². The van der Waals surface area contributed by atoms with Gasteiger partial charge in [-0.25, -0.2) is 18.4 Å². The van der Waals surface area contributed by atoms with E-state index in [0.29, 0.717) is 11.5 Å². The Kier molecular flexibility index (Phi) is 4.20. The van der Waals surface area contributed by atoms with Crippen molar-refractivity contribution in [1.29, 1.82) is 0 Å². The number of benzene rings is 1. The molecule has 2 aromatic heterocycles. The molecule has 116 valence electrons. The Morgan fingerprint density at radius 2 is 1.91 bits per heavy atom. The Balaban J connectivity index is 1.72. The van der Waals surface area contributed by atoms with Crippen LogP contribution in [0.3, 0.4) is 0 Å². The van der Waals surface area contributed by atoms with Crippen LogP contribution < -0.4 is 4.72 Å². The van der Waals surface area contributed by atoms with Crippen LogP contribution in [-0.4, -0.2) is 23.0 Å². The molecular formula is C16H14N4O2S. The van der Waals surface area contributed by atoms with Crippen LogP contribution in [0, 0.1) is 0 Å². The average Bonchev–Trinajstić information content (AvgIpc) is 3.09. The second-order valence-electron chi connectivity index (χ2n) is 4.74. The number of sulfonamides is 1. The summed E-state index contributed by atoms with van der Waals surface area (Å²) in [6.45, 7) is 0. The molecule has 1 aromatic carbocycles. The Bertz CT molecular complexity index is 887. The maximum absolute atomic E-state index is 12.0. The zero-order chi connectivity index (χ0) is 16.1. The highest BCUT2D eigenvalue weighted by molar-refractivity contribution is 7.95. The van der Waals surface area contributed by atoms with Crippen molar-refractivity contribution in [2.45, 2.75) is 0 Å². The molecule has 0 atom stereocenters. The lowest BCUT2D eigenvalue weighted by molar-refractivity contribution is 0.609. The molecule has 0 saturated heterocycles. The molecule has 3 aromatic rings. The number of rotatable bonds is 5. The van der Waals surface area contributed by atoms with Crippen LogP contribution in [0.15, 0.2) is 72.8 Å². The number of anilines is 1. The Labute approximate surface area is 134 Å². The number of aromatic nitrogens is 3. The first-order valence-corrected chi connectivity index (χ1v) is 8.37. The molecule has 0 fully saturated rings. The summed E-state index contributed by atoms with van der Waals surface area (Å²) in [7, 11) is -3.59. The molecule has 7 heteroatoms. The SMILES string of the molecule is O=S(=O)(C=Cc1ccccc1)Nc1ccc(-n2ccnc2)nc1. The van der Waals surface area contributed by atoms with Crippen molar-refractivity contribution in [2.24, 2.45) is 0 Å². The van der Waals surface area contributed by atoms with Crippen LogP contribution in [0.1, 0.15) is 5.56 Å². The third kappa shape index (κ3) is 4.04. The van der Waals surface area contributed by atoms with Crippen molar-refractivity contribution < 1.29 is 8.42 Å². The fourth-order valence-electron chi connectivity index (χ4n) is 1.92. The van der Waals surface area contributed by atoms with Gasteiger partial charge in [0.05, 0.1) is 17.3 Å². The first kappa shape index (κ1) is 15.0. The van der Waals surface area contributed by atoms with Crippen LogP contribution in [-0.2, 0) is 10.0 Å². The molecule has 0 unspecified atom stereocenters. The third-order valence-corrected chi connectivity index (χ3v) is 4.03. The van der Waals surface area contributed by atoms with Gasteiger partial charge in [-0.15, -0.1) is 0 Å². The largest absolute Gasteiger partial charge is 0.291 e. The van der Waals surface area contributed by atoms with Crippen LogP contribution >= 0.6 is 0 Å². The van der Waals surface area contributed by atoms with Crippen molar-refractivity contribution in [3.8, 4) is 5.82 Å². The summed E-state index contributed by atoms with van der Waals surface area (Å²) in [5.41, 5.74) is 1.21. The number of hydrogen-bond donors (Lipinski definition) is 1. The van der Waals surface area contributed by atoms with E-state index in [1.165, 1.54) is 12.3 Å². The summed E-state index contributed by atoms with van der Waals surface area (Å²) in [5, 5.41) is 1.13. The van der Waals surface area contributed by atoms with E-state index in [4.69, 9.17) is 0 Å². The zero-order valence-electron chi connectivity index (χ0n) is 12.1. The fourth-order valence-corrected chi connectivity index (χ4v) is 2.78. The van der Waals surface area contributed by atoms with E-state index in [1.54, 1.807) is 35.4 Å². The molecule has 0 aliphatic heterocycles. The Hall–Kier alpha value is -2.93. The summed E-state index contributed by atoms with van der Waals surface area (Å²) < 4.78 is 28.3. The standard InChI is InChI=1S/C16H14N4O2S/c21-23(22,11-8-14-4-2-1-3-5-14)19-15-6-7-16(18-12-15)20-10-9-17-13-20/h1-13,19H. The molecule has 0 amide bonds. The predicted molar refractivity (Wildman–Crippen MR) is 89.4 cm³/mol. The molecule has 0 aliphatic carbocycles. The lowest BCUT2D eigenvalue weighted by atomic mass is 10.2. The number of nitrogens with zero attached hydrogens (tertiary/aromatic N) is 3. The van der Waals surface area contributed by atoms with Gasteiger partial charge in [-0.05, 0) is 23.8 Å². The van der Waals surface area contributed by atoms with Gasteiger partial charge in [0.25, 0.3) is 10.0 Å². The summed E-state index contributed by atoms with van der Waals surface area (Å²) in [6, 6.07) is 12.6. The Morgan fingerprint density at radius 3 is 2.57 bits per heavy atom. The molecule has 1 N–H and O–H groups in total. The first-order valence-electron chi connectivity index (χ1n) is 6.83. The number of hydrogen-bond acceptors (Lipinski definition) is 4. The van der Waals surface area contributed by atoms with Gasteiger partial charge in [0.15, 0.2) is 0 Å². The average molecular weight is 326 g/mol. The number of imidazole rings is 1. The van der Waals surface area contributed by atoms with E-state index >= 15 is 0 Å². The molecule has 0 radical (unpaired) electrons. The van der Waals surface area contributed by atoms with Gasteiger partial charge in [-0.3, -0.25) is 9.29 Å². The zero-order valence-corrected chi connectivity index (χ0v) is 12.9. The van der Waals surface area contributed by atoms with Gasteiger partial charge in [0, 0.05) is 12.4 Å². The molecular weight excluding hydrogens is 312 g/mol. The van der Waals surface area contributed by atoms with Gasteiger partial charge in [-0.2, -0.15) is 0 Å². The van der Waals surface area contributed by atoms with E-state index in [9.17, 15) is 8.42 Å². The molecule has 3 rings (SSSR count). The lowest BCUT2D eigenvalue weighted by Crippen LogP contribution is -2.09. The monoisotopic (exact) mass is 326 g/mol. The minimum absolute atomic E-state index is 0.395. The summed E-state index contributed by atoms with van der Waals surface area (Å²) in [6.07, 6.45) is 8.02. The topological polar surface area (TPSA) is 76.9 Å². The maximum Gasteiger partial charge on any atom is 0.255 e. The molecule has 6 nitrogen and oxygen atoms in total. The van der Waals surface area contributed by atoms with Gasteiger partial charge >= 0.3 is 0 Å². The smallest absolute Gasteiger partial charge is 0.255 e. The third-order valence-electron chi connectivity index (χ3n) is 3.02. The van der Waals surface area contributed by atoms with E-state index < -0.39 is 10.0 Å². The highest BCUT2D eigenvalue weighted by atomic mass is 32.2. The minimum atomic E-state index is -3.59. The minimum Gasteiger partial charge on any atom is -0.291 e. The highest BCUT2D eigenvalue weighted by Gasteiger charge is 2.06. The number of pyridine rings is 1. The lowest BCUT2D eigenvalue weighted by Gasteiger charge is -2.05. The van der Waals surface area contributed by atoms with Crippen LogP contribution in [0.4, 0.5) is 5.69 Å². The molecule has 0 saturated carbocycles. The van der Waals surface area contributed by atoms with Gasteiger partial charge < -0.3 is 0 Å². The summed E-state index contributed by atoms with van der Waals surface area (Å²) in [4.78, 5) is 8.13. The summed E-state index contributed by atoms with van der Waals surface area (Å²) in [5.74, 6) is 0.658. The van der Waals surface area contributed by atoms with Crippen molar-refractivity contribution in [3.63, 3.8) is 0 Å². The fraction of sp³-hybridized carbons (Fsp3) is 0. The quantitative estimate of drug-likeness (QED) is 0.782. The van der Waals surface area contributed by atoms with E-state index in [1.807, 2.05) is 30.3 Å². The second-order valence-corrected chi connectivity index (χ2v) is 6.30. The normalized spacial score (nSPS) is 11.7. The van der Waals surface area contributed by atoms with Crippen LogP contribution in [0.25, 0.3) is 11.9 Å². The highest BCUT2D eigenvalue weighted by Crippen LogP contribution is 2.12. The van der Waals surface area contributed by atoms with E-state index in [0.717, 1.165) is 11.0 Å². The maximum atomic E-state index is 12.0. The molecule has 0 spiro atoms. The second kappa shape index (κ2) is 6.45. The van der Waals surface area contributed by atoms with Crippen molar-refractivity contribution in [3.05, 3.63) is 78.4 Å². The van der Waals surface area contributed by atoms with E-state index in [2.05, 4.69) is 14.7 Å². The molecule has 0 aliphatic rings. The van der Waals surface area contributed by atoms with Gasteiger partial charge in [0.1, 0.15) is 12.1 Å². The van der Waals surface area contributed by atoms with Gasteiger partial charge in [0.2, 0.25) is 0 Å².